The smallest absolute Gasteiger partial charge is 0.253 e. The van der Waals surface area contributed by atoms with Crippen molar-refractivity contribution in [3.05, 3.63) is 64.5 Å². The molecule has 0 N–H and O–H groups in total. The predicted molar refractivity (Wildman–Crippen MR) is 126 cm³/mol. The molecule has 1 aromatic heterocycles. The van der Waals surface area contributed by atoms with E-state index >= 15 is 0 Å². The molecule has 32 heavy (non-hydrogen) atoms. The molecule has 4 rings (SSSR count). The Labute approximate surface area is 189 Å². The molecule has 2 heterocycles. The number of hydrogen-bond donors (Lipinski definition) is 0. The van der Waals surface area contributed by atoms with Gasteiger partial charge in [0.2, 0.25) is 0 Å². The van der Waals surface area contributed by atoms with Crippen LogP contribution < -0.4 is 0 Å². The molecule has 2 amide bonds. The lowest BCUT2D eigenvalue weighted by Crippen LogP contribution is -2.48. The van der Waals surface area contributed by atoms with Gasteiger partial charge in [0.1, 0.15) is 5.82 Å². The first-order valence-corrected chi connectivity index (χ1v) is 11.0. The molecule has 1 aliphatic heterocycles. The Morgan fingerprint density at radius 3 is 2.28 bits per heavy atom. The van der Waals surface area contributed by atoms with E-state index in [4.69, 9.17) is 4.98 Å². The lowest BCUT2D eigenvalue weighted by Gasteiger charge is -2.34. The minimum atomic E-state index is -0.0244. The number of fused-ring (bicyclic) bond motifs is 1. The molecule has 0 saturated carbocycles. The third-order valence-electron chi connectivity index (χ3n) is 6.40. The summed E-state index contributed by atoms with van der Waals surface area (Å²) in [6.45, 7) is 7.85. The van der Waals surface area contributed by atoms with Crippen LogP contribution in [0, 0.1) is 13.8 Å². The number of benzene rings is 2. The number of rotatable bonds is 4. The first kappa shape index (κ1) is 22.0. The van der Waals surface area contributed by atoms with Crippen molar-refractivity contribution in [2.75, 3.05) is 40.3 Å². The Morgan fingerprint density at radius 1 is 0.938 bits per heavy atom. The van der Waals surface area contributed by atoms with Crippen LogP contribution in [-0.2, 0) is 13.6 Å². The van der Waals surface area contributed by atoms with Crippen LogP contribution in [0.5, 0.6) is 0 Å². The number of amides is 2. The molecular weight excluding hydrogens is 402 g/mol. The molecule has 0 bridgehead atoms. The van der Waals surface area contributed by atoms with Crippen molar-refractivity contribution >= 4 is 22.8 Å². The Kier molecular flexibility index (Phi) is 6.02. The third kappa shape index (κ3) is 4.25. The van der Waals surface area contributed by atoms with E-state index in [9.17, 15) is 9.59 Å². The molecule has 0 aliphatic carbocycles. The maximum absolute atomic E-state index is 12.9. The van der Waals surface area contributed by atoms with Crippen LogP contribution in [0.1, 0.15) is 37.7 Å². The van der Waals surface area contributed by atoms with Gasteiger partial charge in [-0.05, 0) is 55.3 Å². The van der Waals surface area contributed by atoms with Crippen molar-refractivity contribution in [1.29, 1.82) is 0 Å². The number of carbonyl (C=O) groups is 2. The zero-order valence-corrected chi connectivity index (χ0v) is 19.6. The van der Waals surface area contributed by atoms with Crippen molar-refractivity contribution in [2.24, 2.45) is 7.05 Å². The van der Waals surface area contributed by atoms with Crippen molar-refractivity contribution < 1.29 is 9.59 Å². The molecule has 7 nitrogen and oxygen atoms in total. The van der Waals surface area contributed by atoms with Crippen molar-refractivity contribution in [2.45, 2.75) is 20.4 Å². The van der Waals surface area contributed by atoms with Gasteiger partial charge in [-0.1, -0.05) is 6.07 Å². The van der Waals surface area contributed by atoms with Crippen LogP contribution in [-0.4, -0.2) is 76.3 Å². The maximum Gasteiger partial charge on any atom is 0.253 e. The first-order valence-electron chi connectivity index (χ1n) is 11.0. The van der Waals surface area contributed by atoms with Crippen molar-refractivity contribution in [3.8, 4) is 0 Å². The van der Waals surface area contributed by atoms with Gasteiger partial charge in [0.05, 0.1) is 17.6 Å². The van der Waals surface area contributed by atoms with E-state index in [1.54, 1.807) is 19.0 Å². The molecule has 3 aromatic rings. The van der Waals surface area contributed by atoms with E-state index in [0.717, 1.165) is 41.1 Å². The topological polar surface area (TPSA) is 61.7 Å². The van der Waals surface area contributed by atoms with E-state index in [1.165, 1.54) is 5.56 Å². The Bertz CT molecular complexity index is 1170. The quantitative estimate of drug-likeness (QED) is 0.635. The highest BCUT2D eigenvalue weighted by atomic mass is 16.2. The number of hydrogen-bond acceptors (Lipinski definition) is 4. The van der Waals surface area contributed by atoms with Gasteiger partial charge in [-0.15, -0.1) is 0 Å². The highest BCUT2D eigenvalue weighted by Gasteiger charge is 2.23. The standard InChI is InChI=1S/C25H31N5O2/c1-17-6-7-19(14-18(17)2)25(32)30-12-10-29(11-13-30)16-23-26-21-15-20(24(31)27(3)4)8-9-22(21)28(23)5/h6-9,14-15H,10-13,16H2,1-5H3. The highest BCUT2D eigenvalue weighted by molar-refractivity contribution is 5.97. The van der Waals surface area contributed by atoms with Gasteiger partial charge < -0.3 is 14.4 Å². The van der Waals surface area contributed by atoms with Gasteiger partial charge in [0.15, 0.2) is 0 Å². The van der Waals surface area contributed by atoms with Gasteiger partial charge in [0, 0.05) is 58.4 Å². The van der Waals surface area contributed by atoms with Crippen LogP contribution in [0.2, 0.25) is 0 Å². The van der Waals surface area contributed by atoms with Gasteiger partial charge in [0.25, 0.3) is 11.8 Å². The average Bonchev–Trinajstić information content (AvgIpc) is 3.09. The number of carbonyl (C=O) groups excluding carboxylic acids is 2. The Morgan fingerprint density at radius 2 is 1.62 bits per heavy atom. The molecule has 0 spiro atoms. The van der Waals surface area contributed by atoms with E-state index in [2.05, 4.69) is 16.4 Å². The van der Waals surface area contributed by atoms with E-state index in [0.29, 0.717) is 25.2 Å². The maximum atomic E-state index is 12.9. The van der Waals surface area contributed by atoms with Gasteiger partial charge >= 0.3 is 0 Å². The fourth-order valence-corrected chi connectivity index (χ4v) is 4.15. The fraction of sp³-hybridized carbons (Fsp3) is 0.400. The van der Waals surface area contributed by atoms with Crippen LogP contribution >= 0.6 is 0 Å². The molecule has 7 heteroatoms. The van der Waals surface area contributed by atoms with Crippen LogP contribution in [0.3, 0.4) is 0 Å². The van der Waals surface area contributed by atoms with Crippen molar-refractivity contribution in [1.82, 2.24) is 24.3 Å². The normalized spacial score (nSPS) is 14.7. The second kappa shape index (κ2) is 8.74. The summed E-state index contributed by atoms with van der Waals surface area (Å²) in [7, 11) is 5.51. The van der Waals surface area contributed by atoms with Crippen molar-refractivity contribution in [3.63, 3.8) is 0 Å². The molecule has 2 aromatic carbocycles. The van der Waals surface area contributed by atoms with Gasteiger partial charge in [-0.2, -0.15) is 0 Å². The largest absolute Gasteiger partial charge is 0.345 e. The number of piperazine rings is 1. The Hall–Kier alpha value is -3.19. The zero-order chi connectivity index (χ0) is 23.0. The van der Waals surface area contributed by atoms with Gasteiger partial charge in [-0.25, -0.2) is 4.98 Å². The minimum absolute atomic E-state index is 0.0244. The van der Waals surface area contributed by atoms with Crippen LogP contribution in [0.25, 0.3) is 11.0 Å². The summed E-state index contributed by atoms with van der Waals surface area (Å²) in [6, 6.07) is 11.6. The molecule has 1 fully saturated rings. The monoisotopic (exact) mass is 433 g/mol. The lowest BCUT2D eigenvalue weighted by atomic mass is 10.1. The molecule has 1 aliphatic rings. The third-order valence-corrected chi connectivity index (χ3v) is 6.40. The molecule has 1 saturated heterocycles. The first-order chi connectivity index (χ1) is 15.2. The average molecular weight is 434 g/mol. The number of imidazole rings is 1. The second-order valence-electron chi connectivity index (χ2n) is 8.86. The molecular formula is C25H31N5O2. The SMILES string of the molecule is Cc1ccc(C(=O)N2CCN(Cc3nc4cc(C(=O)N(C)C)ccc4n3C)CC2)cc1C. The predicted octanol–water partition coefficient (Wildman–Crippen LogP) is 2.85. The summed E-state index contributed by atoms with van der Waals surface area (Å²) in [6.07, 6.45) is 0. The van der Waals surface area contributed by atoms with Gasteiger partial charge in [-0.3, -0.25) is 14.5 Å². The van der Waals surface area contributed by atoms with E-state index < -0.39 is 0 Å². The molecule has 168 valence electrons. The molecule has 0 atom stereocenters. The fourth-order valence-electron chi connectivity index (χ4n) is 4.15. The second-order valence-corrected chi connectivity index (χ2v) is 8.86. The summed E-state index contributed by atoms with van der Waals surface area (Å²) >= 11 is 0. The van der Waals surface area contributed by atoms with E-state index in [-0.39, 0.29) is 11.8 Å². The van der Waals surface area contributed by atoms with Crippen LogP contribution in [0.4, 0.5) is 0 Å². The molecule has 0 unspecified atom stereocenters. The molecule has 0 radical (unpaired) electrons. The van der Waals surface area contributed by atoms with Crippen LogP contribution in [0.15, 0.2) is 36.4 Å². The number of nitrogens with zero attached hydrogens (tertiary/aromatic N) is 5. The summed E-state index contributed by atoms with van der Waals surface area (Å²) in [5, 5.41) is 0. The highest BCUT2D eigenvalue weighted by Crippen LogP contribution is 2.20. The lowest BCUT2D eigenvalue weighted by molar-refractivity contribution is 0.0624. The zero-order valence-electron chi connectivity index (χ0n) is 19.6. The summed E-state index contributed by atoms with van der Waals surface area (Å²) in [4.78, 5) is 35.8. The summed E-state index contributed by atoms with van der Waals surface area (Å²) in [5.41, 5.74) is 5.60. The van der Waals surface area contributed by atoms with E-state index in [1.807, 2.05) is 55.3 Å². The number of aryl methyl sites for hydroxylation is 3. The summed E-state index contributed by atoms with van der Waals surface area (Å²) in [5.74, 6) is 1.04. The summed E-state index contributed by atoms with van der Waals surface area (Å²) < 4.78 is 2.09. The number of aromatic nitrogens is 2. The minimum Gasteiger partial charge on any atom is -0.345 e. The Balaban J connectivity index is 1.42.